The molecule has 0 N–H and O–H groups in total. The molecule has 6 nitrogen and oxygen atoms in total. The molecule has 0 bridgehead atoms. The summed E-state index contributed by atoms with van der Waals surface area (Å²) in [6.07, 6.45) is 71.3. The van der Waals surface area contributed by atoms with Gasteiger partial charge in [-0.05, 0) is 116 Å². The van der Waals surface area contributed by atoms with Crippen LogP contribution in [0, 0.1) is 0 Å². The molecule has 384 valence electrons. The lowest BCUT2D eigenvalue weighted by Crippen LogP contribution is -2.30. The molecule has 67 heavy (non-hydrogen) atoms. The summed E-state index contributed by atoms with van der Waals surface area (Å²) in [5.41, 5.74) is 0. The minimum Gasteiger partial charge on any atom is -0.462 e. The highest BCUT2D eigenvalue weighted by Crippen LogP contribution is 2.14. The molecule has 0 radical (unpaired) electrons. The van der Waals surface area contributed by atoms with Gasteiger partial charge in [0.25, 0.3) is 0 Å². The van der Waals surface area contributed by atoms with Gasteiger partial charge in [0.2, 0.25) is 0 Å². The zero-order valence-corrected chi connectivity index (χ0v) is 43.9. The quantitative estimate of drug-likeness (QED) is 0.0262. The summed E-state index contributed by atoms with van der Waals surface area (Å²) in [7, 11) is 0. The SMILES string of the molecule is CCCC/C=C\C/C=C\CCCCCCCC(=O)OCC(COC(=O)CCCCCCCC/C=C\C/C=C\C/C=C\CCCCC)OC(=O)CCCCCCC/C=C\C/C=C\CCCCCC. The second-order valence-electron chi connectivity index (χ2n) is 18.5. The fourth-order valence-corrected chi connectivity index (χ4v) is 7.55. The van der Waals surface area contributed by atoms with E-state index in [1.165, 1.54) is 96.3 Å². The molecule has 0 heterocycles. The van der Waals surface area contributed by atoms with Crippen LogP contribution in [0.5, 0.6) is 0 Å². The first-order valence-electron chi connectivity index (χ1n) is 28.1. The van der Waals surface area contributed by atoms with Gasteiger partial charge in [-0.15, -0.1) is 0 Å². The first kappa shape index (κ1) is 63.6. The number of hydrogen-bond acceptors (Lipinski definition) is 6. The second-order valence-corrected chi connectivity index (χ2v) is 18.5. The second kappa shape index (κ2) is 55.2. The third-order valence-corrected chi connectivity index (χ3v) is 11.8. The molecule has 0 saturated carbocycles. The number of carbonyl (C=O) groups excluding carboxylic acids is 3. The summed E-state index contributed by atoms with van der Waals surface area (Å²) in [5.74, 6) is -0.930. The summed E-state index contributed by atoms with van der Waals surface area (Å²) < 4.78 is 16.8. The third kappa shape index (κ3) is 53.4. The summed E-state index contributed by atoms with van der Waals surface area (Å²) in [5, 5.41) is 0. The number of rotatable bonds is 50. The van der Waals surface area contributed by atoms with Crippen molar-refractivity contribution in [3.05, 3.63) is 85.1 Å². The maximum absolute atomic E-state index is 12.8. The van der Waals surface area contributed by atoms with Gasteiger partial charge >= 0.3 is 17.9 Å². The van der Waals surface area contributed by atoms with Crippen LogP contribution in [0.1, 0.15) is 265 Å². The van der Waals surface area contributed by atoms with Crippen LogP contribution in [-0.2, 0) is 28.6 Å². The van der Waals surface area contributed by atoms with Crippen LogP contribution in [0.3, 0.4) is 0 Å². The minimum atomic E-state index is -0.796. The lowest BCUT2D eigenvalue weighted by molar-refractivity contribution is -0.167. The van der Waals surface area contributed by atoms with Crippen LogP contribution < -0.4 is 0 Å². The largest absolute Gasteiger partial charge is 0.462 e. The van der Waals surface area contributed by atoms with Crippen LogP contribution in [0.2, 0.25) is 0 Å². The van der Waals surface area contributed by atoms with Gasteiger partial charge in [0.05, 0.1) is 0 Å². The number of hydrogen-bond donors (Lipinski definition) is 0. The Kier molecular flexibility index (Phi) is 52.4. The maximum atomic E-state index is 12.8. The summed E-state index contributed by atoms with van der Waals surface area (Å²) >= 11 is 0. The summed E-state index contributed by atoms with van der Waals surface area (Å²) in [4.78, 5) is 38.1. The van der Waals surface area contributed by atoms with Crippen molar-refractivity contribution in [3.63, 3.8) is 0 Å². The Hall–Kier alpha value is -3.41. The molecule has 0 rings (SSSR count). The number of unbranched alkanes of at least 4 members (excludes halogenated alkanes) is 25. The van der Waals surface area contributed by atoms with Crippen molar-refractivity contribution in [2.45, 2.75) is 271 Å². The van der Waals surface area contributed by atoms with Crippen molar-refractivity contribution in [3.8, 4) is 0 Å². The topological polar surface area (TPSA) is 78.9 Å². The van der Waals surface area contributed by atoms with E-state index < -0.39 is 6.10 Å². The molecular weight excluding hydrogens is 829 g/mol. The monoisotopic (exact) mass is 933 g/mol. The molecule has 0 aromatic heterocycles. The molecule has 6 heteroatoms. The number of esters is 3. The van der Waals surface area contributed by atoms with E-state index in [4.69, 9.17) is 14.2 Å². The Morgan fingerprint density at radius 3 is 0.910 bits per heavy atom. The van der Waals surface area contributed by atoms with Crippen molar-refractivity contribution >= 4 is 17.9 Å². The Bertz CT molecular complexity index is 1300. The zero-order chi connectivity index (χ0) is 48.6. The highest BCUT2D eigenvalue weighted by Gasteiger charge is 2.19. The van der Waals surface area contributed by atoms with Crippen LogP contribution in [0.4, 0.5) is 0 Å². The highest BCUT2D eigenvalue weighted by atomic mass is 16.6. The zero-order valence-electron chi connectivity index (χ0n) is 43.9. The molecule has 0 aliphatic heterocycles. The summed E-state index contributed by atoms with van der Waals surface area (Å²) in [6, 6.07) is 0. The molecular formula is C61H104O6. The van der Waals surface area contributed by atoms with E-state index in [0.29, 0.717) is 19.3 Å². The average molecular weight is 933 g/mol. The molecule has 0 saturated heterocycles. The lowest BCUT2D eigenvalue weighted by Gasteiger charge is -2.18. The molecule has 0 aliphatic carbocycles. The fourth-order valence-electron chi connectivity index (χ4n) is 7.55. The van der Waals surface area contributed by atoms with Gasteiger partial charge < -0.3 is 14.2 Å². The van der Waals surface area contributed by atoms with E-state index in [2.05, 4.69) is 106 Å². The van der Waals surface area contributed by atoms with E-state index in [1.54, 1.807) is 0 Å². The van der Waals surface area contributed by atoms with Crippen LogP contribution in [0.25, 0.3) is 0 Å². The molecule has 0 aromatic carbocycles. The van der Waals surface area contributed by atoms with Gasteiger partial charge in [-0.2, -0.15) is 0 Å². The van der Waals surface area contributed by atoms with Gasteiger partial charge in [-0.1, -0.05) is 215 Å². The maximum Gasteiger partial charge on any atom is 0.306 e. The normalized spacial score (nSPS) is 12.7. The van der Waals surface area contributed by atoms with E-state index in [-0.39, 0.29) is 31.1 Å². The van der Waals surface area contributed by atoms with E-state index in [1.807, 2.05) is 0 Å². The highest BCUT2D eigenvalue weighted by molar-refractivity contribution is 5.71. The Morgan fingerprint density at radius 2 is 0.552 bits per heavy atom. The fraction of sp³-hybridized carbons (Fsp3) is 0.721. The molecule has 1 unspecified atom stereocenters. The van der Waals surface area contributed by atoms with Crippen LogP contribution in [0.15, 0.2) is 85.1 Å². The van der Waals surface area contributed by atoms with Gasteiger partial charge in [0, 0.05) is 19.3 Å². The van der Waals surface area contributed by atoms with E-state index >= 15 is 0 Å². The van der Waals surface area contributed by atoms with Gasteiger partial charge in [0.15, 0.2) is 6.10 Å². The first-order chi connectivity index (χ1) is 33.0. The Morgan fingerprint density at radius 1 is 0.299 bits per heavy atom. The van der Waals surface area contributed by atoms with E-state index in [0.717, 1.165) is 128 Å². The van der Waals surface area contributed by atoms with Crippen LogP contribution in [-0.4, -0.2) is 37.2 Å². The molecule has 0 amide bonds. The Labute approximate surface area is 414 Å². The van der Waals surface area contributed by atoms with Gasteiger partial charge in [-0.3, -0.25) is 14.4 Å². The molecule has 1 atom stereocenters. The molecule has 0 aromatic rings. The predicted molar refractivity (Wildman–Crippen MR) is 288 cm³/mol. The van der Waals surface area contributed by atoms with Gasteiger partial charge in [0.1, 0.15) is 13.2 Å². The van der Waals surface area contributed by atoms with E-state index in [9.17, 15) is 14.4 Å². The van der Waals surface area contributed by atoms with Crippen LogP contribution >= 0.6 is 0 Å². The van der Waals surface area contributed by atoms with Crippen molar-refractivity contribution in [1.29, 1.82) is 0 Å². The van der Waals surface area contributed by atoms with Gasteiger partial charge in [-0.25, -0.2) is 0 Å². The Balaban J connectivity index is 4.45. The lowest BCUT2D eigenvalue weighted by atomic mass is 10.1. The standard InChI is InChI=1S/C61H104O6/c1-4-7-10-13-16-19-22-25-28-30-31-32-34-36-39-42-45-48-51-54-60(63)66-57-58(56-65-59(62)53-50-47-44-41-38-35-27-24-21-18-15-12-9-6-3)67-61(64)55-52-49-46-43-40-37-33-29-26-23-20-17-14-11-8-5-2/h15-16,18-20,23-25,27-29,31-33,58H,4-14,17,21-22,26,30,34-57H2,1-3H3/b18-15-,19-16-,23-20-,27-24-,28-25-,32-31-,33-29-. The first-order valence-corrected chi connectivity index (χ1v) is 28.1. The van der Waals surface area contributed by atoms with Crippen molar-refractivity contribution in [2.24, 2.45) is 0 Å². The third-order valence-electron chi connectivity index (χ3n) is 11.8. The van der Waals surface area contributed by atoms with Crippen molar-refractivity contribution in [2.75, 3.05) is 13.2 Å². The predicted octanol–water partition coefficient (Wildman–Crippen LogP) is 18.8. The molecule has 0 fully saturated rings. The number of ether oxygens (including phenoxy) is 3. The smallest absolute Gasteiger partial charge is 0.306 e. The molecule has 0 spiro atoms. The minimum absolute atomic E-state index is 0.0941. The number of allylic oxidation sites excluding steroid dienone is 14. The average Bonchev–Trinajstić information content (AvgIpc) is 3.33. The summed E-state index contributed by atoms with van der Waals surface area (Å²) in [6.45, 7) is 6.52. The van der Waals surface area contributed by atoms with Crippen molar-refractivity contribution < 1.29 is 28.6 Å². The number of carbonyl (C=O) groups is 3. The van der Waals surface area contributed by atoms with Crippen molar-refractivity contribution in [1.82, 2.24) is 0 Å². The molecule has 0 aliphatic rings.